The van der Waals surface area contributed by atoms with Gasteiger partial charge in [0.15, 0.2) is 0 Å². The zero-order valence-corrected chi connectivity index (χ0v) is 9.01. The van der Waals surface area contributed by atoms with Crippen LogP contribution in [-0.4, -0.2) is 42.5 Å². The van der Waals surface area contributed by atoms with Crippen LogP contribution in [0.5, 0.6) is 0 Å². The summed E-state index contributed by atoms with van der Waals surface area (Å²) in [5, 5.41) is 14.3. The van der Waals surface area contributed by atoms with Crippen LogP contribution in [0.15, 0.2) is 24.4 Å². The number of hydrogen-bond acceptors (Lipinski definition) is 4. The van der Waals surface area contributed by atoms with Gasteiger partial charge in [-0.15, -0.1) is 0 Å². The topological polar surface area (TPSA) is 83.5 Å². The number of rotatable bonds is 5. The van der Waals surface area contributed by atoms with Crippen molar-refractivity contribution in [2.75, 3.05) is 25.6 Å². The van der Waals surface area contributed by atoms with Gasteiger partial charge in [-0.1, -0.05) is 6.07 Å². The predicted octanol–water partition coefficient (Wildman–Crippen LogP) is 0.210. The fraction of sp³-hybridized carbons (Fsp3) is 0.400. The van der Waals surface area contributed by atoms with Gasteiger partial charge in [-0.05, 0) is 12.1 Å². The highest BCUT2D eigenvalue weighted by Gasteiger charge is 2.06. The number of nitrogens with zero attached hydrogens (tertiary/aromatic N) is 1. The zero-order chi connectivity index (χ0) is 11.8. The number of carbonyl (C=O) groups is 1. The van der Waals surface area contributed by atoms with E-state index >= 15 is 0 Å². The van der Waals surface area contributed by atoms with Crippen LogP contribution in [0.3, 0.4) is 0 Å². The molecule has 6 nitrogen and oxygen atoms in total. The second-order valence-electron chi connectivity index (χ2n) is 3.16. The fourth-order valence-corrected chi connectivity index (χ4v) is 1.06. The summed E-state index contributed by atoms with van der Waals surface area (Å²) in [5.74, 6) is 0.459. The van der Waals surface area contributed by atoms with Crippen LogP contribution in [-0.2, 0) is 4.74 Å². The molecule has 0 aromatic carbocycles. The Morgan fingerprint density at radius 1 is 1.62 bits per heavy atom. The number of hydrogen-bond donors (Lipinski definition) is 3. The van der Waals surface area contributed by atoms with Gasteiger partial charge in [0, 0.05) is 19.9 Å². The van der Waals surface area contributed by atoms with E-state index in [0.29, 0.717) is 5.82 Å². The Hall–Kier alpha value is -1.66. The number of carbonyl (C=O) groups excluding carboxylic acids is 1. The molecule has 1 rings (SSSR count). The summed E-state index contributed by atoms with van der Waals surface area (Å²) in [6.45, 7) is 0.316. The number of amides is 2. The molecule has 0 aliphatic rings. The molecular formula is C10H15N3O3. The Kier molecular flexibility index (Phi) is 5.24. The molecule has 0 fully saturated rings. The lowest BCUT2D eigenvalue weighted by Gasteiger charge is -2.11. The van der Waals surface area contributed by atoms with Crippen LogP contribution in [0.4, 0.5) is 10.6 Å². The van der Waals surface area contributed by atoms with Crippen molar-refractivity contribution in [2.24, 2.45) is 0 Å². The average molecular weight is 225 g/mol. The van der Waals surface area contributed by atoms with E-state index < -0.39 is 12.1 Å². The largest absolute Gasteiger partial charge is 0.389 e. The lowest BCUT2D eigenvalue weighted by molar-refractivity contribution is 0.0663. The highest BCUT2D eigenvalue weighted by molar-refractivity contribution is 5.88. The molecular weight excluding hydrogens is 210 g/mol. The first kappa shape index (κ1) is 12.4. The smallest absolute Gasteiger partial charge is 0.320 e. The maximum Gasteiger partial charge on any atom is 0.320 e. The average Bonchev–Trinajstić information content (AvgIpc) is 2.28. The molecule has 0 radical (unpaired) electrons. The SMILES string of the molecule is COCC(O)CNC(=O)Nc1ccccn1. The minimum absolute atomic E-state index is 0.131. The summed E-state index contributed by atoms with van der Waals surface area (Å²) in [7, 11) is 1.48. The number of aliphatic hydroxyl groups is 1. The van der Waals surface area contributed by atoms with Gasteiger partial charge in [0.2, 0.25) is 0 Å². The first-order chi connectivity index (χ1) is 7.72. The molecule has 1 aromatic rings. The molecule has 1 atom stereocenters. The molecule has 1 unspecified atom stereocenters. The second kappa shape index (κ2) is 6.76. The monoisotopic (exact) mass is 225 g/mol. The van der Waals surface area contributed by atoms with Crippen molar-refractivity contribution >= 4 is 11.8 Å². The fourth-order valence-electron chi connectivity index (χ4n) is 1.06. The number of urea groups is 1. The van der Waals surface area contributed by atoms with Gasteiger partial charge in [0.25, 0.3) is 0 Å². The van der Waals surface area contributed by atoms with Crippen LogP contribution in [0.1, 0.15) is 0 Å². The third kappa shape index (κ3) is 4.72. The quantitative estimate of drug-likeness (QED) is 0.669. The van der Waals surface area contributed by atoms with Gasteiger partial charge in [-0.25, -0.2) is 9.78 Å². The number of aromatic nitrogens is 1. The maximum atomic E-state index is 11.3. The first-order valence-corrected chi connectivity index (χ1v) is 4.85. The van der Waals surface area contributed by atoms with E-state index in [1.54, 1.807) is 24.4 Å². The summed E-state index contributed by atoms with van der Waals surface area (Å²) in [5.41, 5.74) is 0. The molecule has 6 heteroatoms. The van der Waals surface area contributed by atoms with Crippen molar-refractivity contribution in [2.45, 2.75) is 6.10 Å². The van der Waals surface area contributed by atoms with Crippen LogP contribution >= 0.6 is 0 Å². The summed E-state index contributed by atoms with van der Waals surface area (Å²) in [4.78, 5) is 15.2. The van der Waals surface area contributed by atoms with Crippen molar-refractivity contribution < 1.29 is 14.6 Å². The minimum Gasteiger partial charge on any atom is -0.389 e. The molecule has 0 bridgehead atoms. The molecule has 88 valence electrons. The normalized spacial score (nSPS) is 11.9. The number of methoxy groups -OCH3 is 1. The molecule has 0 spiro atoms. The summed E-state index contributed by atoms with van der Waals surface area (Å²) < 4.78 is 4.72. The number of pyridine rings is 1. The molecule has 0 aliphatic carbocycles. The Morgan fingerprint density at radius 3 is 3.06 bits per heavy atom. The van der Waals surface area contributed by atoms with Gasteiger partial charge < -0.3 is 15.2 Å². The van der Waals surface area contributed by atoms with E-state index in [9.17, 15) is 9.90 Å². The Balaban J connectivity index is 2.26. The highest BCUT2D eigenvalue weighted by Crippen LogP contribution is 1.98. The molecule has 1 aromatic heterocycles. The number of anilines is 1. The van der Waals surface area contributed by atoms with Crippen LogP contribution in [0.2, 0.25) is 0 Å². The second-order valence-corrected chi connectivity index (χ2v) is 3.16. The van der Waals surface area contributed by atoms with E-state index in [2.05, 4.69) is 15.6 Å². The summed E-state index contributed by atoms with van der Waals surface area (Å²) >= 11 is 0. The Labute approximate surface area is 93.6 Å². The standard InChI is InChI=1S/C10H15N3O3/c1-16-7-8(14)6-12-10(15)13-9-4-2-3-5-11-9/h2-5,8,14H,6-7H2,1H3,(H2,11,12,13,15). The van der Waals surface area contributed by atoms with Crippen LogP contribution in [0, 0.1) is 0 Å². The van der Waals surface area contributed by atoms with Gasteiger partial charge in [0.1, 0.15) is 5.82 Å². The first-order valence-electron chi connectivity index (χ1n) is 4.85. The van der Waals surface area contributed by atoms with Gasteiger partial charge in [-0.3, -0.25) is 5.32 Å². The molecule has 16 heavy (non-hydrogen) atoms. The Bertz CT molecular complexity index is 318. The molecule has 0 saturated carbocycles. The number of nitrogens with one attached hydrogen (secondary N) is 2. The van der Waals surface area contributed by atoms with Gasteiger partial charge >= 0.3 is 6.03 Å². The lowest BCUT2D eigenvalue weighted by Crippen LogP contribution is -2.37. The highest BCUT2D eigenvalue weighted by atomic mass is 16.5. The molecule has 0 saturated heterocycles. The van der Waals surface area contributed by atoms with Crippen LogP contribution in [0.25, 0.3) is 0 Å². The van der Waals surface area contributed by atoms with Crippen molar-refractivity contribution in [1.82, 2.24) is 10.3 Å². The minimum atomic E-state index is -0.709. The van der Waals surface area contributed by atoms with E-state index in [0.717, 1.165) is 0 Å². The van der Waals surface area contributed by atoms with Crippen molar-refractivity contribution in [3.05, 3.63) is 24.4 Å². The Morgan fingerprint density at radius 2 is 2.44 bits per heavy atom. The number of aliphatic hydroxyl groups excluding tert-OH is 1. The van der Waals surface area contributed by atoms with Crippen LogP contribution < -0.4 is 10.6 Å². The van der Waals surface area contributed by atoms with E-state index in [-0.39, 0.29) is 13.2 Å². The molecule has 2 amide bonds. The maximum absolute atomic E-state index is 11.3. The van der Waals surface area contributed by atoms with Gasteiger partial charge in [-0.2, -0.15) is 0 Å². The van der Waals surface area contributed by atoms with E-state index in [1.165, 1.54) is 7.11 Å². The zero-order valence-electron chi connectivity index (χ0n) is 9.01. The van der Waals surface area contributed by atoms with Crippen molar-refractivity contribution in [3.63, 3.8) is 0 Å². The summed E-state index contributed by atoms with van der Waals surface area (Å²) in [6.07, 6.45) is 0.870. The molecule has 0 aliphatic heterocycles. The van der Waals surface area contributed by atoms with Gasteiger partial charge in [0.05, 0.1) is 12.7 Å². The molecule has 3 N–H and O–H groups in total. The molecule has 1 heterocycles. The van der Waals surface area contributed by atoms with Crippen molar-refractivity contribution in [3.8, 4) is 0 Å². The number of ether oxygens (including phenoxy) is 1. The summed E-state index contributed by atoms with van der Waals surface area (Å²) in [6, 6.07) is 4.78. The van der Waals surface area contributed by atoms with Crippen molar-refractivity contribution in [1.29, 1.82) is 0 Å². The predicted molar refractivity (Wildman–Crippen MR) is 59.1 cm³/mol. The van der Waals surface area contributed by atoms with E-state index in [4.69, 9.17) is 4.74 Å². The third-order valence-corrected chi connectivity index (χ3v) is 1.76. The lowest BCUT2D eigenvalue weighted by atomic mass is 10.4. The van der Waals surface area contributed by atoms with E-state index in [1.807, 2.05) is 0 Å². The third-order valence-electron chi connectivity index (χ3n) is 1.76.